The summed E-state index contributed by atoms with van der Waals surface area (Å²) in [6, 6.07) is 5.81. The molecule has 4 rings (SSSR count). The molecule has 2 aromatic heterocycles. The van der Waals surface area contributed by atoms with Crippen molar-refractivity contribution in [2.75, 3.05) is 24.3 Å². The molecule has 1 aromatic carbocycles. The van der Waals surface area contributed by atoms with Crippen molar-refractivity contribution in [3.05, 3.63) is 45.6 Å². The molecule has 1 aliphatic carbocycles. The number of rotatable bonds is 12. The highest BCUT2D eigenvalue weighted by Crippen LogP contribution is 2.39. The number of nitrogens with one attached hydrogen (secondary N) is 1. The lowest BCUT2D eigenvalue weighted by molar-refractivity contribution is -0.113. The third-order valence-corrected chi connectivity index (χ3v) is 8.28. The van der Waals surface area contributed by atoms with Crippen LogP contribution < -0.4 is 14.8 Å². The first-order chi connectivity index (χ1) is 18.4. The van der Waals surface area contributed by atoms with Crippen molar-refractivity contribution >= 4 is 40.0 Å². The minimum Gasteiger partial charge on any atom is -0.490 e. The van der Waals surface area contributed by atoms with E-state index in [-0.39, 0.29) is 24.2 Å². The van der Waals surface area contributed by atoms with Crippen LogP contribution in [0.2, 0.25) is 0 Å². The van der Waals surface area contributed by atoms with Crippen molar-refractivity contribution in [1.82, 2.24) is 14.8 Å². The van der Waals surface area contributed by atoms with E-state index in [1.165, 1.54) is 28.0 Å². The van der Waals surface area contributed by atoms with Crippen molar-refractivity contribution in [1.29, 1.82) is 0 Å². The van der Waals surface area contributed by atoms with E-state index in [1.807, 2.05) is 43.5 Å². The molecule has 11 heteroatoms. The summed E-state index contributed by atoms with van der Waals surface area (Å²) in [4.78, 5) is 26.7. The number of nitrogens with zero attached hydrogens (tertiary/aromatic N) is 3. The molecule has 0 saturated carbocycles. The molecule has 38 heavy (non-hydrogen) atoms. The number of carbonyl (C=O) groups is 2. The Kier molecular flexibility index (Phi) is 9.68. The number of fused-ring (bicyclic) bond motifs is 1. The van der Waals surface area contributed by atoms with Crippen LogP contribution in [0.5, 0.6) is 11.5 Å². The Labute approximate surface area is 231 Å². The monoisotopic (exact) mass is 558 g/mol. The third-order valence-electron chi connectivity index (χ3n) is 6.10. The van der Waals surface area contributed by atoms with Crippen LogP contribution in [0.15, 0.2) is 23.4 Å². The highest BCUT2D eigenvalue weighted by atomic mass is 32.2. The maximum absolute atomic E-state index is 12.9. The molecule has 1 amide bonds. The zero-order valence-electron chi connectivity index (χ0n) is 22.3. The number of aromatic nitrogens is 3. The van der Waals surface area contributed by atoms with Gasteiger partial charge >= 0.3 is 5.97 Å². The van der Waals surface area contributed by atoms with Gasteiger partial charge in [0.2, 0.25) is 5.91 Å². The average Bonchev–Trinajstić information content (AvgIpc) is 3.47. The first-order valence-corrected chi connectivity index (χ1v) is 14.8. The highest BCUT2D eigenvalue weighted by Gasteiger charge is 2.27. The second kappa shape index (κ2) is 13.1. The largest absolute Gasteiger partial charge is 0.490 e. The first kappa shape index (κ1) is 28.0. The maximum Gasteiger partial charge on any atom is 0.341 e. The summed E-state index contributed by atoms with van der Waals surface area (Å²) in [6.07, 6.45) is 3.89. The van der Waals surface area contributed by atoms with Gasteiger partial charge in [-0.15, -0.1) is 21.5 Å². The lowest BCUT2D eigenvalue weighted by Gasteiger charge is -2.13. The summed E-state index contributed by atoms with van der Waals surface area (Å²) in [5.41, 5.74) is 2.63. The molecule has 3 aromatic rings. The van der Waals surface area contributed by atoms with Gasteiger partial charge in [0.25, 0.3) is 0 Å². The topological polar surface area (TPSA) is 105 Å². The smallest absolute Gasteiger partial charge is 0.341 e. The number of hydrogen-bond acceptors (Lipinski definition) is 9. The van der Waals surface area contributed by atoms with Crippen LogP contribution in [0.1, 0.15) is 65.8 Å². The van der Waals surface area contributed by atoms with Gasteiger partial charge in [-0.1, -0.05) is 17.8 Å². The van der Waals surface area contributed by atoms with Crippen LogP contribution in [0, 0.1) is 6.92 Å². The molecular formula is C27H34N4O5S2. The van der Waals surface area contributed by atoms with Crippen molar-refractivity contribution in [3.63, 3.8) is 0 Å². The fraction of sp³-hybridized carbons (Fsp3) is 0.481. The number of hydrogen-bond donors (Lipinski definition) is 1. The Morgan fingerprint density at radius 3 is 2.66 bits per heavy atom. The standard InChI is InChI=1S/C27H34N4O5S2/c1-5-31-22(15-36-19-13-12-17(4)14-20(19)34-6-2)29-30-27(31)37-16-23(32)28-25-24(26(33)35-7-3)18-10-8-9-11-21(18)38-25/h12-14H,5-11,15-16H2,1-4H3,(H,28,32). The average molecular weight is 559 g/mol. The van der Waals surface area contributed by atoms with E-state index in [1.54, 1.807) is 6.92 Å². The highest BCUT2D eigenvalue weighted by molar-refractivity contribution is 7.99. The quantitative estimate of drug-likeness (QED) is 0.232. The number of thiophene rings is 1. The van der Waals surface area contributed by atoms with E-state index in [9.17, 15) is 9.59 Å². The van der Waals surface area contributed by atoms with Gasteiger partial charge in [0, 0.05) is 11.4 Å². The van der Waals surface area contributed by atoms with Crippen molar-refractivity contribution < 1.29 is 23.8 Å². The first-order valence-electron chi connectivity index (χ1n) is 13.0. The van der Waals surface area contributed by atoms with E-state index in [4.69, 9.17) is 14.2 Å². The molecule has 0 unspecified atom stereocenters. The molecule has 0 atom stereocenters. The van der Waals surface area contributed by atoms with Crippen molar-refractivity contribution in [3.8, 4) is 11.5 Å². The summed E-state index contributed by atoms with van der Waals surface area (Å²) < 4.78 is 18.9. The van der Waals surface area contributed by atoms with Gasteiger partial charge in [-0.2, -0.15) is 0 Å². The Hall–Kier alpha value is -3.05. The predicted octanol–water partition coefficient (Wildman–Crippen LogP) is 5.43. The summed E-state index contributed by atoms with van der Waals surface area (Å²) in [5.74, 6) is 1.56. The van der Waals surface area contributed by atoms with Crippen LogP contribution in [0.3, 0.4) is 0 Å². The van der Waals surface area contributed by atoms with Crippen LogP contribution in [0.25, 0.3) is 0 Å². The number of aryl methyl sites for hydroxylation is 2. The van der Waals surface area contributed by atoms with E-state index < -0.39 is 0 Å². The molecular weight excluding hydrogens is 524 g/mol. The number of anilines is 1. The fourth-order valence-corrected chi connectivity index (χ4v) is 6.48. The van der Waals surface area contributed by atoms with Crippen LogP contribution >= 0.6 is 23.1 Å². The third kappa shape index (κ3) is 6.50. The maximum atomic E-state index is 12.9. The van der Waals surface area contributed by atoms with Gasteiger partial charge in [0.05, 0.1) is 24.5 Å². The van der Waals surface area contributed by atoms with E-state index >= 15 is 0 Å². The number of carbonyl (C=O) groups excluding carboxylic acids is 2. The Balaban J connectivity index is 1.41. The van der Waals surface area contributed by atoms with E-state index in [2.05, 4.69) is 15.5 Å². The zero-order valence-corrected chi connectivity index (χ0v) is 23.9. The zero-order chi connectivity index (χ0) is 27.1. The fourth-order valence-electron chi connectivity index (χ4n) is 4.36. The second-order valence-corrected chi connectivity index (χ2v) is 10.8. The second-order valence-electron chi connectivity index (χ2n) is 8.79. The molecule has 1 N–H and O–H groups in total. The number of ether oxygens (including phenoxy) is 3. The molecule has 0 fully saturated rings. The van der Waals surface area contributed by atoms with Gasteiger partial charge in [-0.25, -0.2) is 4.79 Å². The molecule has 0 spiro atoms. The summed E-state index contributed by atoms with van der Waals surface area (Å²) >= 11 is 2.79. The van der Waals surface area contributed by atoms with Gasteiger partial charge in [-0.3, -0.25) is 4.79 Å². The van der Waals surface area contributed by atoms with Crippen LogP contribution in [0.4, 0.5) is 5.00 Å². The molecule has 0 bridgehead atoms. The SMILES string of the molecule is CCOC(=O)c1c(NC(=O)CSc2nnc(COc3ccc(C)cc3OCC)n2CC)sc2c1CCCC2. The molecule has 0 saturated heterocycles. The van der Waals surface area contributed by atoms with Crippen molar-refractivity contribution in [2.45, 2.75) is 71.7 Å². The van der Waals surface area contributed by atoms with Gasteiger partial charge in [0.1, 0.15) is 11.6 Å². The molecule has 9 nitrogen and oxygen atoms in total. The van der Waals surface area contributed by atoms with E-state index in [0.29, 0.717) is 52.8 Å². The summed E-state index contributed by atoms with van der Waals surface area (Å²) in [5, 5.41) is 12.7. The molecule has 2 heterocycles. The van der Waals surface area contributed by atoms with Gasteiger partial charge < -0.3 is 24.1 Å². The minimum atomic E-state index is -0.369. The van der Waals surface area contributed by atoms with Crippen molar-refractivity contribution in [2.24, 2.45) is 0 Å². The summed E-state index contributed by atoms with van der Waals surface area (Å²) in [6.45, 7) is 9.41. The number of benzene rings is 1. The molecule has 0 radical (unpaired) electrons. The van der Waals surface area contributed by atoms with Crippen LogP contribution in [-0.4, -0.2) is 45.6 Å². The normalized spacial score (nSPS) is 12.6. The van der Waals surface area contributed by atoms with Crippen LogP contribution in [-0.2, 0) is 35.5 Å². The number of esters is 1. The Morgan fingerprint density at radius 2 is 1.89 bits per heavy atom. The lowest BCUT2D eigenvalue weighted by Crippen LogP contribution is -2.17. The van der Waals surface area contributed by atoms with Gasteiger partial charge in [-0.05, 0) is 76.6 Å². The number of thioether (sulfide) groups is 1. The predicted molar refractivity (Wildman–Crippen MR) is 149 cm³/mol. The lowest BCUT2D eigenvalue weighted by atomic mass is 9.95. The number of amides is 1. The Bertz CT molecular complexity index is 1290. The minimum absolute atomic E-state index is 0.135. The molecule has 1 aliphatic rings. The molecule has 204 valence electrons. The van der Waals surface area contributed by atoms with Gasteiger partial charge in [0.15, 0.2) is 22.5 Å². The van der Waals surface area contributed by atoms with E-state index in [0.717, 1.165) is 36.8 Å². The Morgan fingerprint density at radius 1 is 1.08 bits per heavy atom. The summed E-state index contributed by atoms with van der Waals surface area (Å²) in [7, 11) is 0. The molecule has 0 aliphatic heterocycles.